The molecule has 1 fully saturated rings. The van der Waals surface area contributed by atoms with E-state index in [1.165, 1.54) is 25.1 Å². The fraction of sp³-hybridized carbons (Fsp3) is 0.471. The van der Waals surface area contributed by atoms with Gasteiger partial charge in [-0.1, -0.05) is 6.08 Å². The van der Waals surface area contributed by atoms with Crippen LogP contribution in [0.15, 0.2) is 23.7 Å². The SMILES string of the molecule is CC(=O)NCC(=Cc1ccc(F)cc1F)B1OC(C)(C)C(C)(C)O1. The lowest BCUT2D eigenvalue weighted by Crippen LogP contribution is -2.41. The molecule has 130 valence electrons. The molecule has 1 amide bonds. The molecule has 0 bridgehead atoms. The van der Waals surface area contributed by atoms with Crippen LogP contribution in [0.4, 0.5) is 8.78 Å². The van der Waals surface area contributed by atoms with E-state index in [2.05, 4.69) is 5.32 Å². The highest BCUT2D eigenvalue weighted by atomic mass is 19.1. The Morgan fingerprint density at radius 2 is 1.79 bits per heavy atom. The van der Waals surface area contributed by atoms with Crippen molar-refractivity contribution in [2.75, 3.05) is 6.54 Å². The molecule has 24 heavy (non-hydrogen) atoms. The molecule has 1 aliphatic rings. The van der Waals surface area contributed by atoms with E-state index < -0.39 is 30.0 Å². The molecule has 0 atom stereocenters. The van der Waals surface area contributed by atoms with Crippen LogP contribution in [0.2, 0.25) is 0 Å². The molecule has 4 nitrogen and oxygen atoms in total. The molecule has 1 aliphatic heterocycles. The van der Waals surface area contributed by atoms with Gasteiger partial charge in [-0.25, -0.2) is 8.78 Å². The predicted molar refractivity (Wildman–Crippen MR) is 89.1 cm³/mol. The summed E-state index contributed by atoms with van der Waals surface area (Å²) in [4.78, 5) is 11.2. The fourth-order valence-corrected chi connectivity index (χ4v) is 2.24. The highest BCUT2D eigenvalue weighted by Crippen LogP contribution is 2.38. The number of rotatable bonds is 4. The van der Waals surface area contributed by atoms with Gasteiger partial charge in [0, 0.05) is 25.1 Å². The highest BCUT2D eigenvalue weighted by Gasteiger charge is 2.52. The zero-order chi connectivity index (χ0) is 18.1. The van der Waals surface area contributed by atoms with Crippen LogP contribution in [0.5, 0.6) is 0 Å². The molecular weight excluding hydrogens is 315 g/mol. The van der Waals surface area contributed by atoms with E-state index in [-0.39, 0.29) is 18.0 Å². The van der Waals surface area contributed by atoms with E-state index in [0.29, 0.717) is 5.47 Å². The number of carbonyl (C=O) groups is 1. The monoisotopic (exact) mass is 337 g/mol. The van der Waals surface area contributed by atoms with Crippen molar-refractivity contribution >= 4 is 19.1 Å². The molecule has 7 heteroatoms. The maximum Gasteiger partial charge on any atom is 0.492 e. The Labute approximate surface area is 141 Å². The van der Waals surface area contributed by atoms with Crippen molar-refractivity contribution in [3.63, 3.8) is 0 Å². The molecule has 1 aromatic carbocycles. The molecule has 1 saturated heterocycles. The summed E-state index contributed by atoms with van der Waals surface area (Å²) in [6.45, 7) is 9.15. The largest absolute Gasteiger partial charge is 0.492 e. The molecule has 1 aromatic rings. The number of benzene rings is 1. The van der Waals surface area contributed by atoms with E-state index in [0.717, 1.165) is 6.07 Å². The quantitative estimate of drug-likeness (QED) is 0.859. The average Bonchev–Trinajstić information content (AvgIpc) is 2.65. The Balaban J connectivity index is 2.35. The number of carbonyl (C=O) groups excluding carboxylic acids is 1. The van der Waals surface area contributed by atoms with Crippen LogP contribution < -0.4 is 5.32 Å². The standard InChI is InChI=1S/C17H22BF2NO3/c1-11(22)21-10-13(8-12-6-7-14(19)9-15(12)20)18-23-16(2,3)17(4,5)24-18/h6-9H,10H2,1-5H3,(H,21,22). The normalized spacial score (nSPS) is 19.5. The predicted octanol–water partition coefficient (Wildman–Crippen LogP) is 3.12. The van der Waals surface area contributed by atoms with Crippen molar-refractivity contribution in [3.05, 3.63) is 40.9 Å². The second-order valence-corrected chi connectivity index (χ2v) is 6.88. The van der Waals surface area contributed by atoms with Gasteiger partial charge in [-0.2, -0.15) is 0 Å². The van der Waals surface area contributed by atoms with Gasteiger partial charge in [-0.3, -0.25) is 4.79 Å². The summed E-state index contributed by atoms with van der Waals surface area (Å²) in [6.07, 6.45) is 1.52. The van der Waals surface area contributed by atoms with Crippen LogP contribution in [0.25, 0.3) is 6.08 Å². The van der Waals surface area contributed by atoms with Gasteiger partial charge in [0.05, 0.1) is 11.2 Å². The summed E-state index contributed by atoms with van der Waals surface area (Å²) in [5.41, 5.74) is -0.372. The van der Waals surface area contributed by atoms with Gasteiger partial charge in [0.15, 0.2) is 0 Å². The average molecular weight is 337 g/mol. The van der Waals surface area contributed by atoms with E-state index in [9.17, 15) is 13.6 Å². The minimum Gasteiger partial charge on any atom is -0.400 e. The maximum atomic E-state index is 13.9. The minimum absolute atomic E-state index is 0.142. The Hall–Kier alpha value is -1.73. The molecular formula is C17H22BF2NO3. The van der Waals surface area contributed by atoms with Crippen molar-refractivity contribution in [3.8, 4) is 0 Å². The third kappa shape index (κ3) is 4.02. The smallest absolute Gasteiger partial charge is 0.400 e. The Morgan fingerprint density at radius 1 is 1.21 bits per heavy atom. The molecule has 1 N–H and O–H groups in total. The first-order chi connectivity index (χ1) is 11.0. The number of hydrogen-bond donors (Lipinski definition) is 1. The number of nitrogens with one attached hydrogen (secondary N) is 1. The second kappa shape index (κ2) is 6.65. The van der Waals surface area contributed by atoms with Gasteiger partial charge < -0.3 is 14.6 Å². The molecule has 1 heterocycles. The summed E-state index contributed by atoms with van der Waals surface area (Å²) < 4.78 is 38.9. The third-order valence-electron chi connectivity index (χ3n) is 4.40. The Bertz CT molecular complexity index is 658. The first kappa shape index (κ1) is 18.6. The van der Waals surface area contributed by atoms with Crippen molar-refractivity contribution < 1.29 is 22.9 Å². The summed E-state index contributed by atoms with van der Waals surface area (Å²) in [6, 6.07) is 3.32. The van der Waals surface area contributed by atoms with Crippen molar-refractivity contribution in [2.45, 2.75) is 45.8 Å². The zero-order valence-corrected chi connectivity index (χ0v) is 14.6. The van der Waals surface area contributed by atoms with Gasteiger partial charge in [-0.15, -0.1) is 0 Å². The van der Waals surface area contributed by atoms with Crippen LogP contribution in [0, 0.1) is 11.6 Å². The lowest BCUT2D eigenvalue weighted by atomic mass is 9.77. The van der Waals surface area contributed by atoms with E-state index in [1.807, 2.05) is 27.7 Å². The maximum absolute atomic E-state index is 13.9. The Kier molecular flexibility index (Phi) is 5.15. The van der Waals surface area contributed by atoms with Crippen LogP contribution in [-0.2, 0) is 14.1 Å². The summed E-state index contributed by atoms with van der Waals surface area (Å²) >= 11 is 0. The fourth-order valence-electron chi connectivity index (χ4n) is 2.24. The van der Waals surface area contributed by atoms with Crippen molar-refractivity contribution in [2.24, 2.45) is 0 Å². The lowest BCUT2D eigenvalue weighted by molar-refractivity contribution is -0.118. The molecule has 0 saturated carbocycles. The van der Waals surface area contributed by atoms with Gasteiger partial charge in [0.2, 0.25) is 5.91 Å². The summed E-state index contributed by atoms with van der Waals surface area (Å²) in [7, 11) is -0.730. The molecule has 0 unspecified atom stereocenters. The molecule has 0 aliphatic carbocycles. The van der Waals surface area contributed by atoms with Crippen LogP contribution >= 0.6 is 0 Å². The lowest BCUT2D eigenvalue weighted by Gasteiger charge is -2.32. The van der Waals surface area contributed by atoms with Gasteiger partial charge >= 0.3 is 7.12 Å². The summed E-state index contributed by atoms with van der Waals surface area (Å²) in [5, 5.41) is 2.66. The van der Waals surface area contributed by atoms with Crippen molar-refractivity contribution in [1.29, 1.82) is 0 Å². The van der Waals surface area contributed by atoms with E-state index in [4.69, 9.17) is 9.31 Å². The van der Waals surface area contributed by atoms with Gasteiger partial charge in [0.25, 0.3) is 0 Å². The molecule has 0 radical (unpaired) electrons. The van der Waals surface area contributed by atoms with Crippen LogP contribution in [0.3, 0.4) is 0 Å². The van der Waals surface area contributed by atoms with Gasteiger partial charge in [-0.05, 0) is 45.3 Å². The summed E-state index contributed by atoms with van der Waals surface area (Å²) in [5.74, 6) is -1.56. The third-order valence-corrected chi connectivity index (χ3v) is 4.40. The number of amides is 1. The first-order valence-corrected chi connectivity index (χ1v) is 7.77. The zero-order valence-electron chi connectivity index (χ0n) is 14.6. The molecule has 0 spiro atoms. The Morgan fingerprint density at radius 3 is 2.29 bits per heavy atom. The highest BCUT2D eigenvalue weighted by molar-refractivity contribution is 6.56. The van der Waals surface area contributed by atoms with Crippen molar-refractivity contribution in [1.82, 2.24) is 5.32 Å². The van der Waals surface area contributed by atoms with Crippen LogP contribution in [-0.4, -0.2) is 30.8 Å². The number of hydrogen-bond acceptors (Lipinski definition) is 3. The van der Waals surface area contributed by atoms with E-state index in [1.54, 1.807) is 0 Å². The first-order valence-electron chi connectivity index (χ1n) is 7.77. The molecule has 0 aromatic heterocycles. The van der Waals surface area contributed by atoms with Gasteiger partial charge in [0.1, 0.15) is 11.6 Å². The van der Waals surface area contributed by atoms with Crippen LogP contribution in [0.1, 0.15) is 40.2 Å². The topological polar surface area (TPSA) is 47.6 Å². The number of halogens is 2. The second-order valence-electron chi connectivity index (χ2n) is 6.88. The molecule has 2 rings (SSSR count). The van der Waals surface area contributed by atoms with E-state index >= 15 is 0 Å². The minimum atomic E-state index is -0.730.